The Morgan fingerprint density at radius 3 is 2.66 bits per heavy atom. The molecule has 9 nitrogen and oxygen atoms in total. The zero-order chi connectivity index (χ0) is 22.4. The lowest BCUT2D eigenvalue weighted by atomic mass is 10.1. The summed E-state index contributed by atoms with van der Waals surface area (Å²) >= 11 is 7.44. The molecule has 0 saturated heterocycles. The highest BCUT2D eigenvalue weighted by atomic mass is 35.5. The summed E-state index contributed by atoms with van der Waals surface area (Å²) in [5, 5.41) is 2.46. The van der Waals surface area contributed by atoms with Crippen molar-refractivity contribution >= 4 is 44.8 Å². The zero-order valence-corrected chi connectivity index (χ0v) is 18.5. The highest BCUT2D eigenvalue weighted by Crippen LogP contribution is 2.19. The molecule has 0 spiro atoms. The quantitative estimate of drug-likeness (QED) is 0.385. The molecule has 32 heavy (non-hydrogen) atoms. The number of aryl methyl sites for hydroxylation is 1. The lowest BCUT2D eigenvalue weighted by molar-refractivity contribution is 0.0972. The molecule has 4 heterocycles. The van der Waals surface area contributed by atoms with Gasteiger partial charge in [0.15, 0.2) is 21.9 Å². The van der Waals surface area contributed by atoms with E-state index in [0.29, 0.717) is 29.4 Å². The molecule has 11 heteroatoms. The maximum atomic E-state index is 13.0. The number of aromatic nitrogens is 6. The van der Waals surface area contributed by atoms with Crippen LogP contribution in [-0.2, 0) is 19.5 Å². The number of hydrogen-bond acceptors (Lipinski definition) is 6. The minimum Gasteiger partial charge on any atom is -0.314 e. The number of nitrogens with zero attached hydrogens (tertiary/aromatic N) is 5. The van der Waals surface area contributed by atoms with Crippen molar-refractivity contribution in [2.45, 2.75) is 26.4 Å². The molecule has 1 N–H and O–H groups in total. The molecule has 0 atom stereocenters. The highest BCUT2D eigenvalue weighted by Gasteiger charge is 2.21. The van der Waals surface area contributed by atoms with Gasteiger partial charge >= 0.3 is 5.69 Å². The number of benzene rings is 1. The van der Waals surface area contributed by atoms with Crippen LogP contribution in [0.5, 0.6) is 0 Å². The van der Waals surface area contributed by atoms with Crippen molar-refractivity contribution in [2.75, 3.05) is 0 Å². The van der Waals surface area contributed by atoms with Gasteiger partial charge in [-0.15, -0.1) is 11.3 Å². The van der Waals surface area contributed by atoms with Gasteiger partial charge in [-0.3, -0.25) is 23.5 Å². The number of ketones is 1. The molecular formula is C21H17ClN6O3S. The first kappa shape index (κ1) is 20.4. The summed E-state index contributed by atoms with van der Waals surface area (Å²) in [4.78, 5) is 50.4. The number of rotatable bonds is 6. The standard InChI is InChI=1S/C21H17ClN6O3S/c1-2-27-18-17(19(30)25-20(27)31)28(11-15(29)12-3-5-13(22)6-4-12)16(24-18)9-14-10-26-7-8-32-21(26)23-14/h3-8,10H,2,9,11H2,1H3,(H,25,30,31). The summed E-state index contributed by atoms with van der Waals surface area (Å²) in [7, 11) is 0. The summed E-state index contributed by atoms with van der Waals surface area (Å²) in [6.45, 7) is 2.01. The maximum Gasteiger partial charge on any atom is 0.330 e. The van der Waals surface area contributed by atoms with Gasteiger partial charge in [0.25, 0.3) is 5.56 Å². The minimum atomic E-state index is -0.580. The normalized spacial score (nSPS) is 11.6. The second-order valence-electron chi connectivity index (χ2n) is 7.22. The fourth-order valence-corrected chi connectivity index (χ4v) is 4.56. The summed E-state index contributed by atoms with van der Waals surface area (Å²) in [6.07, 6.45) is 4.09. The summed E-state index contributed by atoms with van der Waals surface area (Å²) in [5.74, 6) is 0.271. The van der Waals surface area contributed by atoms with Crippen molar-refractivity contribution in [3.05, 3.63) is 85.0 Å². The number of fused-ring (bicyclic) bond motifs is 2. The first-order valence-electron chi connectivity index (χ1n) is 9.86. The molecule has 0 unspecified atom stereocenters. The van der Waals surface area contributed by atoms with Crippen LogP contribution >= 0.6 is 22.9 Å². The van der Waals surface area contributed by atoms with Crippen LogP contribution in [0.1, 0.15) is 28.8 Å². The van der Waals surface area contributed by atoms with E-state index < -0.39 is 11.2 Å². The summed E-state index contributed by atoms with van der Waals surface area (Å²) in [5.41, 5.74) is 0.529. The highest BCUT2D eigenvalue weighted by molar-refractivity contribution is 7.15. The number of nitrogens with one attached hydrogen (secondary N) is 1. The van der Waals surface area contributed by atoms with Crippen molar-refractivity contribution < 1.29 is 4.79 Å². The minimum absolute atomic E-state index is 0.110. The van der Waals surface area contributed by atoms with Crippen molar-refractivity contribution in [3.8, 4) is 0 Å². The Morgan fingerprint density at radius 2 is 1.94 bits per heavy atom. The molecule has 0 saturated carbocycles. The Bertz CT molecular complexity index is 1560. The van der Waals surface area contributed by atoms with E-state index in [0.717, 1.165) is 10.7 Å². The van der Waals surface area contributed by atoms with Crippen LogP contribution in [0.2, 0.25) is 5.02 Å². The molecule has 1 aromatic carbocycles. The number of halogens is 1. The Labute approximate surface area is 189 Å². The average molecular weight is 469 g/mol. The van der Waals surface area contributed by atoms with Crippen molar-refractivity contribution in [3.63, 3.8) is 0 Å². The predicted molar refractivity (Wildman–Crippen MR) is 122 cm³/mol. The average Bonchev–Trinajstić information content (AvgIpc) is 3.43. The Balaban J connectivity index is 1.65. The second kappa shape index (κ2) is 7.88. The third kappa shape index (κ3) is 3.47. The molecule has 0 amide bonds. The molecule has 0 aliphatic rings. The molecule has 0 radical (unpaired) electrons. The fourth-order valence-electron chi connectivity index (χ4n) is 3.71. The van der Waals surface area contributed by atoms with E-state index in [2.05, 4.69) is 15.0 Å². The Hall–Kier alpha value is -3.50. The number of carbonyl (C=O) groups is 1. The van der Waals surface area contributed by atoms with Crippen LogP contribution < -0.4 is 11.2 Å². The molecular weight excluding hydrogens is 452 g/mol. The van der Waals surface area contributed by atoms with Crippen molar-refractivity contribution in [2.24, 2.45) is 0 Å². The van der Waals surface area contributed by atoms with Crippen LogP contribution in [0.15, 0.2) is 51.6 Å². The monoisotopic (exact) mass is 468 g/mol. The number of aromatic amines is 1. The van der Waals surface area contributed by atoms with E-state index >= 15 is 0 Å². The van der Waals surface area contributed by atoms with Gasteiger partial charge < -0.3 is 4.57 Å². The van der Waals surface area contributed by atoms with Gasteiger partial charge in [0.2, 0.25) is 0 Å². The number of H-pyrrole nitrogens is 1. The number of carbonyl (C=O) groups excluding carboxylic acids is 1. The first-order valence-corrected chi connectivity index (χ1v) is 11.1. The number of Topliss-reactive ketones (excluding diaryl/α,β-unsaturated/α-hetero) is 1. The van der Waals surface area contributed by atoms with E-state index in [1.165, 1.54) is 15.9 Å². The van der Waals surface area contributed by atoms with Gasteiger partial charge in [0, 0.05) is 41.3 Å². The molecule has 5 rings (SSSR count). The Kier molecular flexibility index (Phi) is 5.03. The first-order chi connectivity index (χ1) is 15.4. The van der Waals surface area contributed by atoms with Gasteiger partial charge in [-0.05, 0) is 31.2 Å². The number of thiazole rings is 1. The van der Waals surface area contributed by atoms with Gasteiger partial charge in [-0.1, -0.05) is 11.6 Å². The molecule has 0 fully saturated rings. The SMILES string of the molecule is CCn1c(=O)[nH]c(=O)c2c1nc(Cc1cn3ccsc3n1)n2CC(=O)c1ccc(Cl)cc1. The van der Waals surface area contributed by atoms with E-state index in [9.17, 15) is 14.4 Å². The van der Waals surface area contributed by atoms with Gasteiger partial charge in [0.05, 0.1) is 12.2 Å². The summed E-state index contributed by atoms with van der Waals surface area (Å²) in [6, 6.07) is 6.56. The second-order valence-corrected chi connectivity index (χ2v) is 8.53. The van der Waals surface area contributed by atoms with Crippen LogP contribution in [0.25, 0.3) is 16.1 Å². The fraction of sp³-hybridized carbons (Fsp3) is 0.190. The van der Waals surface area contributed by atoms with Gasteiger partial charge in [0.1, 0.15) is 5.82 Å². The molecule has 4 aromatic heterocycles. The third-order valence-electron chi connectivity index (χ3n) is 5.23. The topological polar surface area (TPSA) is 107 Å². The Morgan fingerprint density at radius 1 is 1.16 bits per heavy atom. The van der Waals surface area contributed by atoms with Crippen LogP contribution in [0.3, 0.4) is 0 Å². The zero-order valence-electron chi connectivity index (χ0n) is 16.9. The number of imidazole rings is 2. The molecule has 0 bridgehead atoms. The van der Waals surface area contributed by atoms with E-state index in [1.54, 1.807) is 35.8 Å². The van der Waals surface area contributed by atoms with Crippen LogP contribution in [-0.4, -0.2) is 34.3 Å². The smallest absolute Gasteiger partial charge is 0.314 e. The molecule has 0 aliphatic carbocycles. The van der Waals surface area contributed by atoms with Crippen LogP contribution in [0.4, 0.5) is 0 Å². The van der Waals surface area contributed by atoms with Gasteiger partial charge in [-0.25, -0.2) is 14.8 Å². The number of hydrogen-bond donors (Lipinski definition) is 1. The lowest BCUT2D eigenvalue weighted by Crippen LogP contribution is -2.31. The molecule has 0 aliphatic heterocycles. The summed E-state index contributed by atoms with van der Waals surface area (Å²) < 4.78 is 4.86. The van der Waals surface area contributed by atoms with E-state index in [1.807, 2.05) is 22.2 Å². The largest absolute Gasteiger partial charge is 0.330 e. The van der Waals surface area contributed by atoms with Gasteiger partial charge in [-0.2, -0.15) is 0 Å². The van der Waals surface area contributed by atoms with E-state index in [4.69, 9.17) is 11.6 Å². The predicted octanol–water partition coefficient (Wildman–Crippen LogP) is 2.74. The molecule has 162 valence electrons. The maximum absolute atomic E-state index is 13.0. The van der Waals surface area contributed by atoms with E-state index in [-0.39, 0.29) is 23.5 Å². The van der Waals surface area contributed by atoms with Crippen LogP contribution in [0, 0.1) is 0 Å². The van der Waals surface area contributed by atoms with Crippen molar-refractivity contribution in [1.82, 2.24) is 28.5 Å². The molecule has 5 aromatic rings. The van der Waals surface area contributed by atoms with Crippen molar-refractivity contribution in [1.29, 1.82) is 0 Å². The lowest BCUT2D eigenvalue weighted by Gasteiger charge is -2.08. The third-order valence-corrected chi connectivity index (χ3v) is 6.25.